The second-order valence-electron chi connectivity index (χ2n) is 4.80. The zero-order valence-electron chi connectivity index (χ0n) is 11.6. The summed E-state index contributed by atoms with van der Waals surface area (Å²) in [6, 6.07) is 5.40. The van der Waals surface area contributed by atoms with Gasteiger partial charge in [-0.15, -0.1) is 0 Å². The molecule has 20 heavy (non-hydrogen) atoms. The Labute approximate surface area is 128 Å². The van der Waals surface area contributed by atoms with E-state index in [1.807, 2.05) is 13.1 Å². The number of halogens is 1. The van der Waals surface area contributed by atoms with E-state index in [9.17, 15) is 8.42 Å². The number of hydrogen-bond donors (Lipinski definition) is 1. The molecule has 0 spiro atoms. The third kappa shape index (κ3) is 3.23. The molecule has 1 N–H and O–H groups in total. The fourth-order valence-electron chi connectivity index (χ4n) is 2.31. The quantitative estimate of drug-likeness (QED) is 0.863. The van der Waals surface area contributed by atoms with E-state index in [1.165, 1.54) is 4.31 Å². The maximum absolute atomic E-state index is 12.7. The van der Waals surface area contributed by atoms with Crippen LogP contribution in [0.25, 0.3) is 0 Å². The molecule has 1 unspecified atom stereocenters. The highest BCUT2D eigenvalue weighted by Gasteiger charge is 2.33. The van der Waals surface area contributed by atoms with E-state index >= 15 is 0 Å². The summed E-state index contributed by atoms with van der Waals surface area (Å²) in [6.45, 7) is 1.56. The standard InChI is InChI=1S/C13H19BrN2O3S/c1-15-8-10-3-4-12(14)13(7-10)20(17,18)16-6-5-11(9-16)19-2/h3-4,7,11,15H,5-6,8-9H2,1-2H3. The Hall–Kier alpha value is -0.470. The van der Waals surface area contributed by atoms with Crippen molar-refractivity contribution in [2.45, 2.75) is 24.0 Å². The number of hydrogen-bond acceptors (Lipinski definition) is 4. The van der Waals surface area contributed by atoms with Crippen LogP contribution >= 0.6 is 15.9 Å². The van der Waals surface area contributed by atoms with Gasteiger partial charge < -0.3 is 10.1 Å². The van der Waals surface area contributed by atoms with Crippen molar-refractivity contribution in [1.82, 2.24) is 9.62 Å². The van der Waals surface area contributed by atoms with E-state index in [2.05, 4.69) is 21.2 Å². The average Bonchev–Trinajstić information content (AvgIpc) is 2.90. The van der Waals surface area contributed by atoms with E-state index in [1.54, 1.807) is 19.2 Å². The van der Waals surface area contributed by atoms with E-state index in [4.69, 9.17) is 4.74 Å². The summed E-state index contributed by atoms with van der Waals surface area (Å²) in [5.41, 5.74) is 0.941. The highest BCUT2D eigenvalue weighted by molar-refractivity contribution is 9.10. The van der Waals surface area contributed by atoms with E-state index in [-0.39, 0.29) is 6.10 Å². The molecule has 1 atom stereocenters. The largest absolute Gasteiger partial charge is 0.380 e. The second kappa shape index (κ2) is 6.53. The van der Waals surface area contributed by atoms with Crippen LogP contribution in [0.1, 0.15) is 12.0 Å². The molecule has 0 aromatic heterocycles. The normalized spacial score (nSPS) is 20.4. The first-order chi connectivity index (χ1) is 9.48. The predicted octanol–water partition coefficient (Wildman–Crippen LogP) is 1.58. The minimum absolute atomic E-state index is 0.0101. The molecule has 7 heteroatoms. The Morgan fingerprint density at radius 3 is 2.85 bits per heavy atom. The fraction of sp³-hybridized carbons (Fsp3) is 0.538. The summed E-state index contributed by atoms with van der Waals surface area (Å²) < 4.78 is 32.7. The Morgan fingerprint density at radius 1 is 1.50 bits per heavy atom. The topological polar surface area (TPSA) is 58.6 Å². The van der Waals surface area contributed by atoms with Crippen molar-refractivity contribution in [2.24, 2.45) is 0 Å². The first kappa shape index (κ1) is 15.9. The van der Waals surface area contributed by atoms with E-state index < -0.39 is 10.0 Å². The zero-order chi connectivity index (χ0) is 14.8. The van der Waals surface area contributed by atoms with Crippen molar-refractivity contribution in [1.29, 1.82) is 0 Å². The number of ether oxygens (including phenoxy) is 1. The molecule has 1 aliphatic heterocycles. The maximum Gasteiger partial charge on any atom is 0.244 e. The van der Waals surface area contributed by atoms with Gasteiger partial charge in [-0.25, -0.2) is 8.42 Å². The number of sulfonamides is 1. The smallest absolute Gasteiger partial charge is 0.244 e. The highest BCUT2D eigenvalue weighted by atomic mass is 79.9. The van der Waals surface area contributed by atoms with Gasteiger partial charge in [0.1, 0.15) is 0 Å². The molecule has 1 aromatic rings. The molecule has 0 amide bonds. The van der Waals surface area contributed by atoms with Crippen molar-refractivity contribution in [3.63, 3.8) is 0 Å². The molecular weight excluding hydrogens is 344 g/mol. The van der Waals surface area contributed by atoms with Crippen molar-refractivity contribution < 1.29 is 13.2 Å². The lowest BCUT2D eigenvalue weighted by atomic mass is 10.2. The number of nitrogens with one attached hydrogen (secondary N) is 1. The van der Waals surface area contributed by atoms with Crippen molar-refractivity contribution in [3.05, 3.63) is 28.2 Å². The molecular formula is C13H19BrN2O3S. The summed E-state index contributed by atoms with van der Waals surface area (Å²) in [4.78, 5) is 0.321. The van der Waals surface area contributed by atoms with Crippen molar-refractivity contribution >= 4 is 26.0 Å². The number of methoxy groups -OCH3 is 1. The van der Waals surface area contributed by atoms with Crippen LogP contribution in [0.5, 0.6) is 0 Å². The van der Waals surface area contributed by atoms with Gasteiger partial charge in [0.2, 0.25) is 10.0 Å². The van der Waals surface area contributed by atoms with Gasteiger partial charge in [0.05, 0.1) is 11.0 Å². The van der Waals surface area contributed by atoms with Crippen LogP contribution in [0.15, 0.2) is 27.6 Å². The summed E-state index contributed by atoms with van der Waals surface area (Å²) >= 11 is 3.34. The lowest BCUT2D eigenvalue weighted by molar-refractivity contribution is 0.115. The molecule has 1 heterocycles. The average molecular weight is 363 g/mol. The lowest BCUT2D eigenvalue weighted by Crippen LogP contribution is -2.30. The van der Waals surface area contributed by atoms with E-state index in [0.29, 0.717) is 29.0 Å². The van der Waals surface area contributed by atoms with Gasteiger partial charge >= 0.3 is 0 Å². The van der Waals surface area contributed by atoms with Gasteiger partial charge in [-0.1, -0.05) is 6.07 Å². The van der Waals surface area contributed by atoms with Gasteiger partial charge in [-0.05, 0) is 47.1 Å². The molecule has 5 nitrogen and oxygen atoms in total. The third-order valence-corrected chi connectivity index (χ3v) is 6.29. The van der Waals surface area contributed by atoms with Crippen LogP contribution in [0, 0.1) is 0 Å². The highest BCUT2D eigenvalue weighted by Crippen LogP contribution is 2.29. The lowest BCUT2D eigenvalue weighted by Gasteiger charge is -2.18. The SMILES string of the molecule is CNCc1ccc(Br)c(S(=O)(=O)N2CCC(OC)C2)c1. The first-order valence-electron chi connectivity index (χ1n) is 6.45. The summed E-state index contributed by atoms with van der Waals surface area (Å²) in [5.74, 6) is 0. The van der Waals surface area contributed by atoms with Crippen molar-refractivity contribution in [3.8, 4) is 0 Å². The van der Waals surface area contributed by atoms with Crippen LogP contribution < -0.4 is 5.32 Å². The molecule has 112 valence electrons. The summed E-state index contributed by atoms with van der Waals surface area (Å²) in [7, 11) is -0.0260. The van der Waals surface area contributed by atoms with Gasteiger partial charge in [0, 0.05) is 31.2 Å². The maximum atomic E-state index is 12.7. The Balaban J connectivity index is 2.32. The van der Waals surface area contributed by atoms with Crippen molar-refractivity contribution in [2.75, 3.05) is 27.2 Å². The molecule has 1 aromatic carbocycles. The van der Waals surface area contributed by atoms with Crippen LogP contribution in [0.2, 0.25) is 0 Å². The molecule has 2 rings (SSSR count). The molecule has 0 aliphatic carbocycles. The minimum atomic E-state index is -3.47. The van der Waals surface area contributed by atoms with Gasteiger partial charge in [0.15, 0.2) is 0 Å². The number of benzene rings is 1. The van der Waals surface area contributed by atoms with Crippen LogP contribution in [0.4, 0.5) is 0 Å². The van der Waals surface area contributed by atoms with Crippen LogP contribution in [-0.2, 0) is 21.3 Å². The van der Waals surface area contributed by atoms with Crippen LogP contribution in [-0.4, -0.2) is 46.1 Å². The van der Waals surface area contributed by atoms with Gasteiger partial charge in [-0.2, -0.15) is 4.31 Å². The zero-order valence-corrected chi connectivity index (χ0v) is 14.0. The number of rotatable bonds is 5. The number of nitrogens with zero attached hydrogens (tertiary/aromatic N) is 1. The Morgan fingerprint density at radius 2 is 2.25 bits per heavy atom. The van der Waals surface area contributed by atoms with Crippen LogP contribution in [0.3, 0.4) is 0 Å². The summed E-state index contributed by atoms with van der Waals surface area (Å²) in [5, 5.41) is 3.02. The molecule has 1 saturated heterocycles. The molecule has 0 bridgehead atoms. The molecule has 1 aliphatic rings. The predicted molar refractivity (Wildman–Crippen MR) is 81.1 cm³/mol. The molecule has 1 fully saturated rings. The van der Waals surface area contributed by atoms with Gasteiger partial charge in [0.25, 0.3) is 0 Å². The fourth-order valence-corrected chi connectivity index (χ4v) is 4.77. The van der Waals surface area contributed by atoms with E-state index in [0.717, 1.165) is 12.0 Å². The third-order valence-electron chi connectivity index (χ3n) is 3.44. The first-order valence-corrected chi connectivity index (χ1v) is 8.68. The second-order valence-corrected chi connectivity index (χ2v) is 7.57. The molecule has 0 radical (unpaired) electrons. The Bertz CT molecular complexity index is 577. The Kier molecular flexibility index (Phi) is 5.19. The van der Waals surface area contributed by atoms with Gasteiger partial charge in [-0.3, -0.25) is 0 Å². The monoisotopic (exact) mass is 362 g/mol. The molecule has 0 saturated carbocycles. The minimum Gasteiger partial charge on any atom is -0.380 e. The summed E-state index contributed by atoms with van der Waals surface area (Å²) in [6.07, 6.45) is 0.729.